The molecule has 0 aromatic heterocycles. The number of piperidine rings is 1. The third-order valence-corrected chi connectivity index (χ3v) is 2.55. The topological polar surface area (TPSA) is 77.8 Å². The molecule has 0 spiro atoms. The zero-order valence-electron chi connectivity index (χ0n) is 7.43. The van der Waals surface area contributed by atoms with Crippen molar-refractivity contribution in [3.8, 4) is 0 Å². The summed E-state index contributed by atoms with van der Waals surface area (Å²) in [5.74, 6) is -1.46. The molecule has 13 heavy (non-hydrogen) atoms. The zero-order chi connectivity index (χ0) is 10.0. The van der Waals surface area contributed by atoms with Crippen molar-refractivity contribution in [1.82, 2.24) is 4.90 Å². The molecule has 0 aromatic carbocycles. The number of likely N-dealkylation sites (tertiary alicyclic amines) is 1. The first-order valence-corrected chi connectivity index (χ1v) is 4.26. The van der Waals surface area contributed by atoms with E-state index in [0.29, 0.717) is 19.4 Å². The molecule has 74 valence electrons. The molecular formula is C8H13NO4. The summed E-state index contributed by atoms with van der Waals surface area (Å²) in [5.41, 5.74) is 0. The quantitative estimate of drug-likeness (QED) is 0.637. The summed E-state index contributed by atoms with van der Waals surface area (Å²) in [5, 5.41) is 17.5. The van der Waals surface area contributed by atoms with Gasteiger partial charge in [0.25, 0.3) is 0 Å². The normalized spacial score (nSPS) is 28.5. The minimum atomic E-state index is -1.03. The number of carboxylic acids is 1. The highest BCUT2D eigenvalue weighted by Crippen LogP contribution is 2.23. The number of hydrogen-bond donors (Lipinski definition) is 2. The molecule has 1 amide bonds. The van der Waals surface area contributed by atoms with Crippen LogP contribution >= 0.6 is 0 Å². The van der Waals surface area contributed by atoms with Crippen molar-refractivity contribution < 1.29 is 19.8 Å². The Morgan fingerprint density at radius 1 is 1.38 bits per heavy atom. The van der Waals surface area contributed by atoms with Crippen molar-refractivity contribution in [2.75, 3.05) is 6.54 Å². The molecule has 1 fully saturated rings. The fourth-order valence-corrected chi connectivity index (χ4v) is 1.74. The van der Waals surface area contributed by atoms with E-state index in [2.05, 4.69) is 0 Å². The van der Waals surface area contributed by atoms with Crippen LogP contribution in [0.5, 0.6) is 0 Å². The van der Waals surface area contributed by atoms with Crippen LogP contribution in [0.1, 0.15) is 19.8 Å². The van der Waals surface area contributed by atoms with Gasteiger partial charge in [0.1, 0.15) is 0 Å². The lowest BCUT2D eigenvalue weighted by Gasteiger charge is -2.35. The van der Waals surface area contributed by atoms with Crippen LogP contribution in [-0.4, -0.2) is 39.8 Å². The first kappa shape index (κ1) is 9.83. The van der Waals surface area contributed by atoms with Crippen LogP contribution in [0.25, 0.3) is 0 Å². The lowest BCUT2D eigenvalue weighted by Crippen LogP contribution is -2.48. The third-order valence-electron chi connectivity index (χ3n) is 2.55. The average Bonchev–Trinajstić information content (AvgIpc) is 2.03. The minimum Gasteiger partial charge on any atom is -0.481 e. The van der Waals surface area contributed by atoms with Gasteiger partial charge in [0, 0.05) is 12.6 Å². The summed E-state index contributed by atoms with van der Waals surface area (Å²) in [6, 6.07) is -0.413. The van der Waals surface area contributed by atoms with E-state index in [4.69, 9.17) is 10.2 Å². The van der Waals surface area contributed by atoms with E-state index < -0.39 is 24.0 Å². The van der Waals surface area contributed by atoms with Crippen molar-refractivity contribution in [2.45, 2.75) is 25.8 Å². The Labute approximate surface area is 76.0 Å². The number of hydrogen-bond acceptors (Lipinski definition) is 2. The Balaban J connectivity index is 2.71. The monoisotopic (exact) mass is 187 g/mol. The van der Waals surface area contributed by atoms with Crippen molar-refractivity contribution in [3.63, 3.8) is 0 Å². The first-order chi connectivity index (χ1) is 6.04. The lowest BCUT2D eigenvalue weighted by molar-refractivity contribution is -0.145. The molecule has 1 heterocycles. The number of aliphatic carboxylic acids is 1. The fraction of sp³-hybridized carbons (Fsp3) is 0.750. The number of amides is 1. The van der Waals surface area contributed by atoms with Crippen LogP contribution in [0, 0.1) is 5.92 Å². The molecular weight excluding hydrogens is 174 g/mol. The number of rotatable bonds is 1. The molecule has 1 aliphatic rings. The highest BCUT2D eigenvalue weighted by Gasteiger charge is 2.35. The van der Waals surface area contributed by atoms with Crippen LogP contribution in [0.2, 0.25) is 0 Å². The molecule has 0 unspecified atom stereocenters. The van der Waals surface area contributed by atoms with Crippen LogP contribution in [0.15, 0.2) is 0 Å². The highest BCUT2D eigenvalue weighted by atomic mass is 16.4. The minimum absolute atomic E-state index is 0.413. The van der Waals surface area contributed by atoms with E-state index in [9.17, 15) is 9.59 Å². The summed E-state index contributed by atoms with van der Waals surface area (Å²) in [4.78, 5) is 22.6. The zero-order valence-corrected chi connectivity index (χ0v) is 7.43. The van der Waals surface area contributed by atoms with Crippen LogP contribution in [0.4, 0.5) is 4.79 Å². The number of carboxylic acid groups (broad SMARTS) is 2. The molecule has 0 bridgehead atoms. The van der Waals surface area contributed by atoms with E-state index in [1.165, 1.54) is 4.90 Å². The second kappa shape index (κ2) is 3.64. The molecule has 1 aliphatic heterocycles. The first-order valence-electron chi connectivity index (χ1n) is 4.26. The van der Waals surface area contributed by atoms with Gasteiger partial charge in [0.15, 0.2) is 0 Å². The largest absolute Gasteiger partial charge is 0.481 e. The van der Waals surface area contributed by atoms with Gasteiger partial charge < -0.3 is 15.1 Å². The Bertz CT molecular complexity index is 206. The predicted molar refractivity (Wildman–Crippen MR) is 44.6 cm³/mol. The van der Waals surface area contributed by atoms with Gasteiger partial charge in [-0.2, -0.15) is 0 Å². The van der Waals surface area contributed by atoms with E-state index in [1.54, 1.807) is 6.92 Å². The maximum absolute atomic E-state index is 10.7. The molecule has 2 N–H and O–H groups in total. The van der Waals surface area contributed by atoms with Gasteiger partial charge in [0.05, 0.1) is 5.92 Å². The summed E-state index contributed by atoms with van der Waals surface area (Å²) in [7, 11) is 0. The molecule has 1 rings (SSSR count). The molecule has 5 nitrogen and oxygen atoms in total. The maximum Gasteiger partial charge on any atom is 0.407 e. The van der Waals surface area contributed by atoms with E-state index >= 15 is 0 Å². The van der Waals surface area contributed by atoms with Crippen LogP contribution < -0.4 is 0 Å². The van der Waals surface area contributed by atoms with Gasteiger partial charge in [-0.25, -0.2) is 4.79 Å². The standard InChI is InChI=1S/C8H13NO4/c1-5-6(7(10)11)3-2-4-9(5)8(12)13/h5-6H,2-4H2,1H3,(H,10,11)(H,12,13)/t5-,6-/m1/s1. The Morgan fingerprint density at radius 3 is 2.46 bits per heavy atom. The molecule has 5 heteroatoms. The lowest BCUT2D eigenvalue weighted by atomic mass is 9.91. The fourth-order valence-electron chi connectivity index (χ4n) is 1.74. The van der Waals surface area contributed by atoms with Crippen molar-refractivity contribution in [2.24, 2.45) is 5.92 Å². The number of carbonyl (C=O) groups is 2. The predicted octanol–water partition coefficient (Wildman–Crippen LogP) is 0.850. The average molecular weight is 187 g/mol. The Morgan fingerprint density at radius 2 is 2.00 bits per heavy atom. The summed E-state index contributed by atoms with van der Waals surface area (Å²) < 4.78 is 0. The molecule has 0 radical (unpaired) electrons. The number of nitrogens with zero attached hydrogens (tertiary/aromatic N) is 1. The highest BCUT2D eigenvalue weighted by molar-refractivity contribution is 5.73. The smallest absolute Gasteiger partial charge is 0.407 e. The van der Waals surface area contributed by atoms with E-state index in [1.807, 2.05) is 0 Å². The van der Waals surface area contributed by atoms with Gasteiger partial charge in [-0.3, -0.25) is 4.79 Å². The third kappa shape index (κ3) is 1.91. The molecule has 0 aliphatic carbocycles. The van der Waals surface area contributed by atoms with Gasteiger partial charge >= 0.3 is 12.1 Å². The van der Waals surface area contributed by atoms with Gasteiger partial charge in [-0.1, -0.05) is 0 Å². The molecule has 2 atom stereocenters. The second-order valence-corrected chi connectivity index (χ2v) is 3.30. The Hall–Kier alpha value is -1.26. The van der Waals surface area contributed by atoms with Gasteiger partial charge in [-0.15, -0.1) is 0 Å². The molecule has 1 saturated heterocycles. The summed E-state index contributed by atoms with van der Waals surface area (Å²) >= 11 is 0. The SMILES string of the molecule is C[C@@H]1[C@H](C(=O)O)CCCN1C(=O)O. The van der Waals surface area contributed by atoms with Gasteiger partial charge in [0.2, 0.25) is 0 Å². The maximum atomic E-state index is 10.7. The van der Waals surface area contributed by atoms with Gasteiger partial charge in [-0.05, 0) is 19.8 Å². The van der Waals surface area contributed by atoms with Crippen LogP contribution in [0.3, 0.4) is 0 Å². The summed E-state index contributed by atoms with van der Waals surface area (Å²) in [6.45, 7) is 2.09. The Kier molecular flexibility index (Phi) is 2.75. The van der Waals surface area contributed by atoms with Crippen molar-refractivity contribution in [3.05, 3.63) is 0 Å². The van der Waals surface area contributed by atoms with Crippen molar-refractivity contribution >= 4 is 12.1 Å². The van der Waals surface area contributed by atoms with Crippen molar-refractivity contribution in [1.29, 1.82) is 0 Å². The van der Waals surface area contributed by atoms with Crippen LogP contribution in [-0.2, 0) is 4.79 Å². The molecule has 0 saturated carbocycles. The summed E-state index contributed by atoms with van der Waals surface area (Å²) in [6.07, 6.45) is 0.173. The van der Waals surface area contributed by atoms with E-state index in [-0.39, 0.29) is 0 Å². The molecule has 0 aromatic rings. The second-order valence-electron chi connectivity index (χ2n) is 3.30. The van der Waals surface area contributed by atoms with E-state index in [0.717, 1.165) is 0 Å².